The molecule has 2 amide bonds. The Kier molecular flexibility index (Phi) is 6.98. The first-order valence-corrected chi connectivity index (χ1v) is 12.2. The summed E-state index contributed by atoms with van der Waals surface area (Å²) < 4.78 is 39.8. The number of carbonyl (C=O) groups excluding carboxylic acids is 2. The van der Waals surface area contributed by atoms with Gasteiger partial charge in [0.15, 0.2) is 0 Å². The average Bonchev–Trinajstić information content (AvgIpc) is 3.17. The summed E-state index contributed by atoms with van der Waals surface area (Å²) in [7, 11) is 0. The molecule has 1 atom stereocenters. The second-order valence-corrected chi connectivity index (χ2v) is 9.60. The highest BCUT2D eigenvalue weighted by Gasteiger charge is 2.31. The lowest BCUT2D eigenvalue weighted by molar-refractivity contribution is -0.137. The third kappa shape index (κ3) is 5.09. The van der Waals surface area contributed by atoms with E-state index in [0.717, 1.165) is 53.7 Å². The molecule has 0 saturated carbocycles. The first-order valence-electron chi connectivity index (χ1n) is 11.4. The highest BCUT2D eigenvalue weighted by molar-refractivity contribution is 7.20. The zero-order chi connectivity index (χ0) is 25.3. The Balaban J connectivity index is 1.57. The van der Waals surface area contributed by atoms with Gasteiger partial charge in [0.2, 0.25) is 5.91 Å². The fourth-order valence-corrected chi connectivity index (χ4v) is 5.52. The molecule has 1 fully saturated rings. The topological polar surface area (TPSA) is 84.3 Å². The fraction of sp³-hybridized carbons (Fsp3) is 0.417. The van der Waals surface area contributed by atoms with E-state index in [2.05, 4.69) is 17.2 Å². The van der Waals surface area contributed by atoms with Crippen LogP contribution in [0.15, 0.2) is 35.4 Å². The molecule has 4 rings (SSSR count). The second kappa shape index (κ2) is 9.80. The van der Waals surface area contributed by atoms with E-state index in [0.29, 0.717) is 21.8 Å². The molecule has 11 heteroatoms. The van der Waals surface area contributed by atoms with Gasteiger partial charge in [0.05, 0.1) is 22.2 Å². The molecule has 1 aliphatic heterocycles. The number of fused-ring (bicyclic) bond motifs is 1. The molecule has 0 unspecified atom stereocenters. The molecule has 3 aromatic rings. The Hall–Kier alpha value is -3.21. The number of rotatable bonds is 5. The number of hydrogen-bond acceptors (Lipinski definition) is 5. The van der Waals surface area contributed by atoms with Crippen molar-refractivity contribution in [2.24, 2.45) is 0 Å². The van der Waals surface area contributed by atoms with Crippen molar-refractivity contribution >= 4 is 39.1 Å². The Morgan fingerprint density at radius 2 is 2.03 bits per heavy atom. The number of nitrogens with zero attached hydrogens (tertiary/aromatic N) is 3. The van der Waals surface area contributed by atoms with Gasteiger partial charge in [-0.2, -0.15) is 13.2 Å². The molecule has 0 aliphatic carbocycles. The van der Waals surface area contributed by atoms with Crippen molar-refractivity contribution in [2.75, 3.05) is 11.9 Å². The van der Waals surface area contributed by atoms with Crippen molar-refractivity contribution in [2.45, 2.75) is 58.3 Å². The van der Waals surface area contributed by atoms with E-state index in [4.69, 9.17) is 0 Å². The number of carbonyl (C=O) groups is 2. The summed E-state index contributed by atoms with van der Waals surface area (Å²) in [6, 6.07) is 4.43. The number of halogens is 3. The van der Waals surface area contributed by atoms with Gasteiger partial charge in [0.25, 0.3) is 11.5 Å². The Morgan fingerprint density at radius 1 is 1.26 bits per heavy atom. The normalized spacial score (nSPS) is 16.5. The fourth-order valence-electron chi connectivity index (χ4n) is 4.43. The van der Waals surface area contributed by atoms with E-state index in [-0.39, 0.29) is 23.0 Å². The number of amides is 2. The molecule has 0 spiro atoms. The van der Waals surface area contributed by atoms with Gasteiger partial charge < -0.3 is 10.2 Å². The molecule has 7 nitrogen and oxygen atoms in total. The summed E-state index contributed by atoms with van der Waals surface area (Å²) in [4.78, 5) is 45.9. The van der Waals surface area contributed by atoms with Gasteiger partial charge >= 0.3 is 6.18 Å². The van der Waals surface area contributed by atoms with Crippen LogP contribution >= 0.6 is 11.3 Å². The quantitative estimate of drug-likeness (QED) is 0.537. The maximum atomic E-state index is 13.3. The Bertz CT molecular complexity index is 1330. The number of hydrogen-bond donors (Lipinski definition) is 1. The van der Waals surface area contributed by atoms with Crippen LogP contribution < -0.4 is 10.9 Å². The lowest BCUT2D eigenvalue weighted by atomic mass is 9.99. The molecule has 2 aromatic heterocycles. The molecular formula is C24H25F3N4O3S. The SMILES string of the molecule is CC[C@@H]1CCCCN1C(=O)c1sc2ncn(CC(=O)Nc3cccc(C(F)(F)F)c3)c(=O)c2c1C. The maximum Gasteiger partial charge on any atom is 0.416 e. The summed E-state index contributed by atoms with van der Waals surface area (Å²) in [5.41, 5.74) is -0.868. The lowest BCUT2D eigenvalue weighted by Crippen LogP contribution is -2.43. The van der Waals surface area contributed by atoms with Gasteiger partial charge in [-0.25, -0.2) is 4.98 Å². The van der Waals surface area contributed by atoms with Gasteiger partial charge in [0, 0.05) is 18.3 Å². The largest absolute Gasteiger partial charge is 0.416 e. The number of thiophene rings is 1. The van der Waals surface area contributed by atoms with Crippen LogP contribution in [-0.4, -0.2) is 38.9 Å². The van der Waals surface area contributed by atoms with Gasteiger partial charge in [-0.1, -0.05) is 13.0 Å². The summed E-state index contributed by atoms with van der Waals surface area (Å²) in [6.07, 6.45) is 0.528. The second-order valence-electron chi connectivity index (χ2n) is 8.60. The van der Waals surface area contributed by atoms with E-state index in [1.54, 1.807) is 6.92 Å². The standard InChI is InChI=1S/C24H25F3N4O3S/c1-3-17-9-4-5-10-31(17)23(34)20-14(2)19-21(35-20)28-13-30(22(19)33)12-18(32)29-16-8-6-7-15(11-16)24(25,26)27/h6-8,11,13,17H,3-5,9-10,12H2,1-2H3,(H,29,32)/t17-/m1/s1. The monoisotopic (exact) mass is 506 g/mol. The van der Waals surface area contributed by atoms with Crippen molar-refractivity contribution in [3.05, 3.63) is 57.0 Å². The van der Waals surface area contributed by atoms with Crippen molar-refractivity contribution in [1.82, 2.24) is 14.5 Å². The van der Waals surface area contributed by atoms with E-state index in [9.17, 15) is 27.6 Å². The Morgan fingerprint density at radius 3 is 2.74 bits per heavy atom. The molecule has 1 aliphatic rings. The molecule has 0 bridgehead atoms. The van der Waals surface area contributed by atoms with Crippen molar-refractivity contribution in [1.29, 1.82) is 0 Å². The number of piperidine rings is 1. The number of aryl methyl sites for hydroxylation is 1. The smallest absolute Gasteiger partial charge is 0.335 e. The molecule has 35 heavy (non-hydrogen) atoms. The van der Waals surface area contributed by atoms with Gasteiger partial charge in [0.1, 0.15) is 11.4 Å². The number of anilines is 1. The summed E-state index contributed by atoms with van der Waals surface area (Å²) in [5, 5.41) is 2.66. The zero-order valence-corrected chi connectivity index (χ0v) is 20.1. The minimum absolute atomic E-state index is 0.0292. The first-order chi connectivity index (χ1) is 16.6. The summed E-state index contributed by atoms with van der Waals surface area (Å²) in [5.74, 6) is -0.777. The van der Waals surface area contributed by atoms with E-state index >= 15 is 0 Å². The maximum absolute atomic E-state index is 13.3. The molecule has 3 heterocycles. The van der Waals surface area contributed by atoms with Gasteiger partial charge in [-0.15, -0.1) is 11.3 Å². The van der Waals surface area contributed by atoms with Crippen LogP contribution in [-0.2, 0) is 17.5 Å². The number of likely N-dealkylation sites (tertiary alicyclic amines) is 1. The van der Waals surface area contributed by atoms with Crippen LogP contribution in [0.3, 0.4) is 0 Å². The van der Waals surface area contributed by atoms with Crippen LogP contribution in [0.4, 0.5) is 18.9 Å². The molecule has 1 aromatic carbocycles. The minimum atomic E-state index is -4.54. The molecule has 1 saturated heterocycles. The number of aromatic nitrogens is 2. The van der Waals surface area contributed by atoms with Crippen molar-refractivity contribution < 1.29 is 22.8 Å². The van der Waals surface area contributed by atoms with Crippen LogP contribution in [0.25, 0.3) is 10.2 Å². The van der Waals surface area contributed by atoms with Crippen LogP contribution in [0.2, 0.25) is 0 Å². The Labute approximate surface area is 203 Å². The minimum Gasteiger partial charge on any atom is -0.335 e. The molecule has 1 N–H and O–H groups in total. The van der Waals surface area contributed by atoms with E-state index in [1.165, 1.54) is 18.5 Å². The molecular weight excluding hydrogens is 481 g/mol. The third-order valence-electron chi connectivity index (χ3n) is 6.26. The van der Waals surface area contributed by atoms with E-state index in [1.807, 2.05) is 4.90 Å². The predicted octanol–water partition coefficient (Wildman–Crippen LogP) is 4.83. The number of nitrogens with one attached hydrogen (secondary N) is 1. The molecule has 0 radical (unpaired) electrons. The predicted molar refractivity (Wildman–Crippen MR) is 128 cm³/mol. The zero-order valence-electron chi connectivity index (χ0n) is 19.3. The highest BCUT2D eigenvalue weighted by atomic mass is 32.1. The van der Waals surface area contributed by atoms with Crippen molar-refractivity contribution in [3.8, 4) is 0 Å². The van der Waals surface area contributed by atoms with Gasteiger partial charge in [-0.05, 0) is 56.4 Å². The summed E-state index contributed by atoms with van der Waals surface area (Å²) in [6.45, 7) is 4.00. The van der Waals surface area contributed by atoms with Gasteiger partial charge in [-0.3, -0.25) is 19.0 Å². The summed E-state index contributed by atoms with van der Waals surface area (Å²) >= 11 is 1.16. The van der Waals surface area contributed by atoms with Crippen molar-refractivity contribution in [3.63, 3.8) is 0 Å². The lowest BCUT2D eigenvalue weighted by Gasteiger charge is -2.35. The highest BCUT2D eigenvalue weighted by Crippen LogP contribution is 2.32. The third-order valence-corrected chi connectivity index (χ3v) is 7.45. The molecule has 186 valence electrons. The van der Waals surface area contributed by atoms with E-state index < -0.39 is 29.8 Å². The number of alkyl halides is 3. The van der Waals surface area contributed by atoms with Crippen LogP contribution in [0, 0.1) is 6.92 Å². The van der Waals surface area contributed by atoms with Crippen LogP contribution in [0.5, 0.6) is 0 Å². The number of benzene rings is 1. The average molecular weight is 507 g/mol. The van der Waals surface area contributed by atoms with Crippen LogP contribution in [0.1, 0.15) is 53.4 Å². The first kappa shape index (κ1) is 24.9.